The number of rotatable bonds is 5. The number of carboxylic acid groups (broad SMARTS) is 1. The molecule has 0 atom stereocenters. The van der Waals surface area contributed by atoms with Crippen LogP contribution in [0, 0.1) is 0 Å². The average Bonchev–Trinajstić information content (AvgIpc) is 2.26. The summed E-state index contributed by atoms with van der Waals surface area (Å²) in [5.74, 6) is 0.845. The van der Waals surface area contributed by atoms with Crippen molar-refractivity contribution in [2.24, 2.45) is 0 Å². The zero-order valence-corrected chi connectivity index (χ0v) is 11.5. The number of hydrogen-bond acceptors (Lipinski definition) is 3. The van der Waals surface area contributed by atoms with Crippen molar-refractivity contribution in [2.75, 3.05) is 12.0 Å². The number of benzene rings is 1. The maximum atomic E-state index is 11.1. The van der Waals surface area contributed by atoms with Crippen LogP contribution in [0.25, 0.3) is 0 Å². The summed E-state index contributed by atoms with van der Waals surface area (Å²) in [6.07, 6.45) is 1.87. The van der Waals surface area contributed by atoms with Crippen LogP contribution < -0.4 is 0 Å². The molecule has 0 amide bonds. The SMILES string of the molecule is CCSCc1c(Cl)ccc(C(=O)O)c1SC. The van der Waals surface area contributed by atoms with Crippen molar-refractivity contribution in [3.63, 3.8) is 0 Å². The maximum Gasteiger partial charge on any atom is 0.336 e. The van der Waals surface area contributed by atoms with Crippen molar-refractivity contribution >= 4 is 41.1 Å². The molecule has 0 aliphatic heterocycles. The van der Waals surface area contributed by atoms with Gasteiger partial charge in [0.25, 0.3) is 0 Å². The number of thioether (sulfide) groups is 2. The van der Waals surface area contributed by atoms with E-state index in [2.05, 4.69) is 6.92 Å². The third-order valence-corrected chi connectivity index (χ3v) is 4.22. The van der Waals surface area contributed by atoms with Crippen LogP contribution >= 0.6 is 35.1 Å². The van der Waals surface area contributed by atoms with Crippen LogP contribution in [-0.2, 0) is 5.75 Å². The third-order valence-electron chi connectivity index (χ3n) is 2.09. The first-order chi connectivity index (χ1) is 7.61. The fraction of sp³-hybridized carbons (Fsp3) is 0.364. The molecule has 0 fully saturated rings. The van der Waals surface area contributed by atoms with Crippen molar-refractivity contribution in [3.8, 4) is 0 Å². The largest absolute Gasteiger partial charge is 0.478 e. The zero-order valence-electron chi connectivity index (χ0n) is 9.12. The molecule has 0 radical (unpaired) electrons. The van der Waals surface area contributed by atoms with E-state index >= 15 is 0 Å². The smallest absolute Gasteiger partial charge is 0.336 e. The standard InChI is InChI=1S/C11H13ClO2S2/c1-3-16-6-8-9(12)5-4-7(11(13)14)10(8)15-2/h4-5H,3,6H2,1-2H3,(H,13,14). The predicted octanol–water partition coefficient (Wildman–Crippen LogP) is 4.01. The first kappa shape index (κ1) is 13.7. The van der Waals surface area contributed by atoms with Crippen LogP contribution in [0.3, 0.4) is 0 Å². The molecule has 0 aliphatic rings. The fourth-order valence-electron chi connectivity index (χ4n) is 1.34. The number of hydrogen-bond donors (Lipinski definition) is 1. The van der Waals surface area contributed by atoms with Gasteiger partial charge in [0, 0.05) is 15.7 Å². The molecule has 1 aromatic carbocycles. The Balaban J connectivity index is 3.21. The molecular formula is C11H13ClO2S2. The topological polar surface area (TPSA) is 37.3 Å². The van der Waals surface area contributed by atoms with Gasteiger partial charge in [0.1, 0.15) is 0 Å². The van der Waals surface area contributed by atoms with E-state index in [0.29, 0.717) is 10.6 Å². The quantitative estimate of drug-likeness (QED) is 0.825. The molecule has 0 bridgehead atoms. The summed E-state index contributed by atoms with van der Waals surface area (Å²) in [4.78, 5) is 11.8. The monoisotopic (exact) mass is 276 g/mol. The van der Waals surface area contributed by atoms with Crippen molar-refractivity contribution in [2.45, 2.75) is 17.6 Å². The summed E-state index contributed by atoms with van der Waals surface area (Å²) in [6, 6.07) is 3.23. The number of carbonyl (C=O) groups is 1. The summed E-state index contributed by atoms with van der Waals surface area (Å²) >= 11 is 9.27. The Kier molecular flexibility index (Phi) is 5.52. The molecule has 0 aliphatic carbocycles. The van der Waals surface area contributed by atoms with Gasteiger partial charge in [-0.25, -0.2) is 4.79 Å². The molecule has 0 unspecified atom stereocenters. The Morgan fingerprint density at radius 2 is 2.19 bits per heavy atom. The highest BCUT2D eigenvalue weighted by Gasteiger charge is 2.15. The Labute approximate surface area is 109 Å². The van der Waals surface area contributed by atoms with Crippen LogP contribution in [0.5, 0.6) is 0 Å². The molecule has 5 heteroatoms. The normalized spacial score (nSPS) is 10.4. The minimum atomic E-state index is -0.899. The second kappa shape index (κ2) is 6.42. The van der Waals surface area contributed by atoms with E-state index in [-0.39, 0.29) is 0 Å². The van der Waals surface area contributed by atoms with Crippen molar-refractivity contribution in [1.29, 1.82) is 0 Å². The van der Waals surface area contributed by atoms with Crippen LogP contribution in [0.1, 0.15) is 22.8 Å². The lowest BCUT2D eigenvalue weighted by Crippen LogP contribution is -2.02. The van der Waals surface area contributed by atoms with E-state index < -0.39 is 5.97 Å². The maximum absolute atomic E-state index is 11.1. The molecule has 1 rings (SSSR count). The molecular weight excluding hydrogens is 264 g/mol. The van der Waals surface area contributed by atoms with Crippen LogP contribution in [0.2, 0.25) is 5.02 Å². The van der Waals surface area contributed by atoms with Gasteiger partial charge in [-0.3, -0.25) is 0 Å². The van der Waals surface area contributed by atoms with Gasteiger partial charge in [-0.15, -0.1) is 11.8 Å². The highest BCUT2D eigenvalue weighted by Crippen LogP contribution is 2.33. The average molecular weight is 277 g/mol. The second-order valence-electron chi connectivity index (χ2n) is 3.05. The van der Waals surface area contributed by atoms with Gasteiger partial charge in [0.2, 0.25) is 0 Å². The number of halogens is 1. The minimum absolute atomic E-state index is 0.337. The molecule has 0 aromatic heterocycles. The minimum Gasteiger partial charge on any atom is -0.478 e. The highest BCUT2D eigenvalue weighted by molar-refractivity contribution is 7.99. The highest BCUT2D eigenvalue weighted by atomic mass is 35.5. The third kappa shape index (κ3) is 3.09. The van der Waals surface area contributed by atoms with E-state index in [0.717, 1.165) is 22.0 Å². The van der Waals surface area contributed by atoms with Crippen LogP contribution in [0.4, 0.5) is 0 Å². The van der Waals surface area contributed by atoms with Gasteiger partial charge in [-0.05, 0) is 29.7 Å². The summed E-state index contributed by atoms with van der Waals surface area (Å²) in [5.41, 5.74) is 1.27. The molecule has 0 saturated heterocycles. The van der Waals surface area contributed by atoms with Gasteiger partial charge in [-0.2, -0.15) is 11.8 Å². The number of aromatic carboxylic acids is 1. The Hall–Kier alpha value is -0.320. The predicted molar refractivity (Wildman–Crippen MR) is 72.0 cm³/mol. The second-order valence-corrected chi connectivity index (χ2v) is 5.55. The van der Waals surface area contributed by atoms with Crippen LogP contribution in [0.15, 0.2) is 17.0 Å². The van der Waals surface area contributed by atoms with E-state index in [1.807, 2.05) is 6.26 Å². The van der Waals surface area contributed by atoms with Crippen molar-refractivity contribution < 1.29 is 9.90 Å². The molecule has 0 spiro atoms. The van der Waals surface area contributed by atoms with Gasteiger partial charge >= 0.3 is 5.97 Å². The molecule has 1 N–H and O–H groups in total. The molecule has 88 valence electrons. The molecule has 0 saturated carbocycles. The van der Waals surface area contributed by atoms with Crippen molar-refractivity contribution in [3.05, 3.63) is 28.3 Å². The summed E-state index contributed by atoms with van der Waals surface area (Å²) in [7, 11) is 0. The van der Waals surface area contributed by atoms with E-state index in [9.17, 15) is 4.79 Å². The van der Waals surface area contributed by atoms with Gasteiger partial charge < -0.3 is 5.11 Å². The van der Waals surface area contributed by atoms with Gasteiger partial charge in [0.15, 0.2) is 0 Å². The van der Waals surface area contributed by atoms with Crippen LogP contribution in [-0.4, -0.2) is 23.1 Å². The molecule has 16 heavy (non-hydrogen) atoms. The summed E-state index contributed by atoms with van der Waals surface area (Å²) in [6.45, 7) is 2.07. The summed E-state index contributed by atoms with van der Waals surface area (Å²) in [5, 5.41) is 9.72. The van der Waals surface area contributed by atoms with E-state index in [1.165, 1.54) is 11.8 Å². The van der Waals surface area contributed by atoms with E-state index in [1.54, 1.807) is 23.9 Å². The lowest BCUT2D eigenvalue weighted by Gasteiger charge is -2.11. The Bertz CT molecular complexity index is 394. The molecule has 2 nitrogen and oxygen atoms in total. The first-order valence-corrected chi connectivity index (χ1v) is 7.54. The lowest BCUT2D eigenvalue weighted by molar-refractivity contribution is 0.0693. The Morgan fingerprint density at radius 1 is 1.50 bits per heavy atom. The van der Waals surface area contributed by atoms with Gasteiger partial charge in [-0.1, -0.05) is 18.5 Å². The lowest BCUT2D eigenvalue weighted by atomic mass is 10.1. The molecule has 0 heterocycles. The van der Waals surface area contributed by atoms with Crippen molar-refractivity contribution in [1.82, 2.24) is 0 Å². The van der Waals surface area contributed by atoms with E-state index in [4.69, 9.17) is 16.7 Å². The summed E-state index contributed by atoms with van der Waals surface area (Å²) < 4.78 is 0. The first-order valence-electron chi connectivity index (χ1n) is 4.78. The molecule has 1 aromatic rings. The fourth-order valence-corrected chi connectivity index (χ4v) is 3.31. The Morgan fingerprint density at radius 3 is 2.69 bits per heavy atom. The zero-order chi connectivity index (χ0) is 12.1. The van der Waals surface area contributed by atoms with Gasteiger partial charge in [0.05, 0.1) is 5.56 Å². The number of carboxylic acids is 1.